The second-order valence-electron chi connectivity index (χ2n) is 9.38. The number of halogens is 1. The van der Waals surface area contributed by atoms with Crippen molar-refractivity contribution >= 4 is 34.1 Å². The maximum absolute atomic E-state index is 14.2. The summed E-state index contributed by atoms with van der Waals surface area (Å²) in [5.41, 5.74) is 5.27. The van der Waals surface area contributed by atoms with E-state index in [0.717, 1.165) is 35.0 Å². The molecule has 2 unspecified atom stereocenters. The van der Waals surface area contributed by atoms with Gasteiger partial charge in [0.25, 0.3) is 5.91 Å². The number of amides is 1. The molecule has 0 spiro atoms. The van der Waals surface area contributed by atoms with Crippen LogP contribution in [-0.4, -0.2) is 56.3 Å². The van der Waals surface area contributed by atoms with Crippen molar-refractivity contribution in [2.24, 2.45) is 5.92 Å². The van der Waals surface area contributed by atoms with Crippen LogP contribution in [0.3, 0.4) is 0 Å². The number of nitrogens with one attached hydrogen (secondary N) is 4. The minimum atomic E-state index is -0.890. The lowest BCUT2D eigenvalue weighted by molar-refractivity contribution is 0.102. The summed E-state index contributed by atoms with van der Waals surface area (Å²) in [4.78, 5) is 25.5. The second-order valence-corrected chi connectivity index (χ2v) is 9.38. The highest BCUT2D eigenvalue weighted by Gasteiger charge is 2.24. The van der Waals surface area contributed by atoms with Gasteiger partial charge in [-0.3, -0.25) is 4.79 Å². The number of nitrogens with zero attached hydrogens (tertiary/aromatic N) is 4. The Hall–Kier alpha value is -4.31. The first-order chi connectivity index (χ1) is 18.1. The first kappa shape index (κ1) is 23.1. The van der Waals surface area contributed by atoms with E-state index in [-0.39, 0.29) is 11.8 Å². The fourth-order valence-electron chi connectivity index (χ4n) is 4.81. The zero-order chi connectivity index (χ0) is 25.4. The summed E-state index contributed by atoms with van der Waals surface area (Å²) in [6, 6.07) is 11.9. The number of rotatable bonds is 6. The van der Waals surface area contributed by atoms with Gasteiger partial charge >= 0.3 is 0 Å². The van der Waals surface area contributed by atoms with Crippen molar-refractivity contribution in [2.45, 2.75) is 19.5 Å². The number of carbonyl (C=O) groups is 1. The van der Waals surface area contributed by atoms with Gasteiger partial charge in [0.05, 0.1) is 11.9 Å². The van der Waals surface area contributed by atoms with Crippen LogP contribution in [0.1, 0.15) is 22.3 Å². The fourth-order valence-corrected chi connectivity index (χ4v) is 4.81. The summed E-state index contributed by atoms with van der Waals surface area (Å²) < 4.78 is 15.7. The highest BCUT2D eigenvalue weighted by molar-refractivity contribution is 6.11. The van der Waals surface area contributed by atoms with Gasteiger partial charge in [0.15, 0.2) is 5.65 Å². The van der Waals surface area contributed by atoms with Crippen molar-refractivity contribution in [1.82, 2.24) is 29.9 Å². The average Bonchev–Trinajstić information content (AvgIpc) is 3.52. The van der Waals surface area contributed by atoms with Gasteiger partial charge in [-0.05, 0) is 43.1 Å². The molecule has 1 aromatic carbocycles. The predicted molar refractivity (Wildman–Crippen MR) is 142 cm³/mol. The Morgan fingerprint density at radius 1 is 1.24 bits per heavy atom. The van der Waals surface area contributed by atoms with E-state index < -0.39 is 6.17 Å². The summed E-state index contributed by atoms with van der Waals surface area (Å²) in [6.07, 6.45) is 6.67. The van der Waals surface area contributed by atoms with Crippen molar-refractivity contribution in [3.05, 3.63) is 72.3 Å². The maximum atomic E-state index is 14.2. The number of piperidine rings is 1. The van der Waals surface area contributed by atoms with Crippen LogP contribution in [0.15, 0.2) is 61.2 Å². The van der Waals surface area contributed by atoms with E-state index in [1.165, 1.54) is 6.20 Å². The normalized spacial score (nSPS) is 17.8. The number of aromatic amines is 1. The average molecular weight is 499 g/mol. The van der Waals surface area contributed by atoms with Gasteiger partial charge in [0.2, 0.25) is 0 Å². The van der Waals surface area contributed by atoms with Crippen LogP contribution in [0.25, 0.3) is 27.8 Å². The molecule has 0 saturated carbocycles. The molecule has 0 bridgehead atoms. The Labute approximate surface area is 212 Å². The third-order valence-corrected chi connectivity index (χ3v) is 6.94. The number of benzene rings is 1. The number of hydrogen-bond donors (Lipinski definition) is 4. The number of alkyl halides is 1. The van der Waals surface area contributed by atoms with Gasteiger partial charge in [0.1, 0.15) is 23.2 Å². The van der Waals surface area contributed by atoms with Crippen LogP contribution >= 0.6 is 0 Å². The molecular formula is C27H27FN8O. The van der Waals surface area contributed by atoms with E-state index in [1.807, 2.05) is 24.4 Å². The van der Waals surface area contributed by atoms with Gasteiger partial charge in [-0.2, -0.15) is 5.10 Å². The van der Waals surface area contributed by atoms with E-state index in [4.69, 9.17) is 0 Å². The number of aryl methyl sites for hydroxylation is 1. The molecule has 10 heteroatoms. The number of fused-ring (bicyclic) bond motifs is 2. The summed E-state index contributed by atoms with van der Waals surface area (Å²) in [7, 11) is 0. The molecule has 188 valence electrons. The molecule has 5 heterocycles. The van der Waals surface area contributed by atoms with E-state index in [1.54, 1.807) is 23.0 Å². The lowest BCUT2D eigenvalue weighted by Crippen LogP contribution is -2.40. The predicted octanol–water partition coefficient (Wildman–Crippen LogP) is 4.19. The molecule has 2 atom stereocenters. The standard InChI is InChI=1S/C27H27FN8O/c1-16-4-2-3-5-19(16)18-10-20-23(15-32-25(20)31-12-18)34-27(37)21-13-33-36-9-7-24(35-26(21)36)30-11-17-6-8-29-14-22(17)28/h2-5,7,9-10,12-13,15,17,22,29H,6,8,11,14H2,1H3,(H,30,35)(H,31,32)(H,34,37). The van der Waals surface area contributed by atoms with E-state index in [0.29, 0.717) is 41.5 Å². The topological polar surface area (TPSA) is 112 Å². The largest absolute Gasteiger partial charge is 0.370 e. The van der Waals surface area contributed by atoms with Gasteiger partial charge in [0, 0.05) is 48.5 Å². The molecule has 4 aromatic heterocycles. The number of pyridine rings is 1. The van der Waals surface area contributed by atoms with E-state index in [2.05, 4.69) is 55.1 Å². The molecule has 5 aromatic rings. The first-order valence-electron chi connectivity index (χ1n) is 12.3. The molecule has 0 aliphatic carbocycles. The molecule has 1 saturated heterocycles. The summed E-state index contributed by atoms with van der Waals surface area (Å²) >= 11 is 0. The van der Waals surface area contributed by atoms with Crippen LogP contribution in [0.4, 0.5) is 15.9 Å². The highest BCUT2D eigenvalue weighted by Crippen LogP contribution is 2.29. The summed E-state index contributed by atoms with van der Waals surface area (Å²) in [5, 5.41) is 14.4. The van der Waals surface area contributed by atoms with Gasteiger partial charge in [-0.1, -0.05) is 24.3 Å². The summed E-state index contributed by atoms with van der Waals surface area (Å²) in [5.74, 6) is 0.169. The van der Waals surface area contributed by atoms with E-state index >= 15 is 0 Å². The van der Waals surface area contributed by atoms with Crippen LogP contribution in [0.5, 0.6) is 0 Å². The number of carbonyl (C=O) groups excluding carboxylic acids is 1. The zero-order valence-electron chi connectivity index (χ0n) is 20.3. The monoisotopic (exact) mass is 498 g/mol. The number of hydrogen-bond acceptors (Lipinski definition) is 6. The Bertz CT molecular complexity index is 1590. The van der Waals surface area contributed by atoms with Crippen molar-refractivity contribution < 1.29 is 9.18 Å². The van der Waals surface area contributed by atoms with Crippen molar-refractivity contribution in [3.63, 3.8) is 0 Å². The fraction of sp³-hybridized carbons (Fsp3) is 0.259. The molecule has 6 rings (SSSR count). The Balaban J connectivity index is 1.24. The number of H-pyrrole nitrogens is 1. The van der Waals surface area contributed by atoms with Crippen molar-refractivity contribution in [1.29, 1.82) is 0 Å². The van der Waals surface area contributed by atoms with Crippen molar-refractivity contribution in [2.75, 3.05) is 30.3 Å². The smallest absolute Gasteiger partial charge is 0.261 e. The molecule has 1 aliphatic heterocycles. The third-order valence-electron chi connectivity index (χ3n) is 6.94. The minimum Gasteiger partial charge on any atom is -0.370 e. The van der Waals surface area contributed by atoms with Crippen molar-refractivity contribution in [3.8, 4) is 11.1 Å². The van der Waals surface area contributed by atoms with Gasteiger partial charge < -0.3 is 20.9 Å². The zero-order valence-corrected chi connectivity index (χ0v) is 20.3. The van der Waals surface area contributed by atoms with Crippen LogP contribution < -0.4 is 16.0 Å². The molecule has 4 N–H and O–H groups in total. The highest BCUT2D eigenvalue weighted by atomic mass is 19.1. The van der Waals surface area contributed by atoms with E-state index in [9.17, 15) is 9.18 Å². The van der Waals surface area contributed by atoms with Crippen LogP contribution in [0.2, 0.25) is 0 Å². The number of anilines is 2. The molecule has 1 fully saturated rings. The van der Waals surface area contributed by atoms with Gasteiger partial charge in [-0.25, -0.2) is 18.9 Å². The second kappa shape index (κ2) is 9.62. The van der Waals surface area contributed by atoms with Gasteiger partial charge in [-0.15, -0.1) is 0 Å². The maximum Gasteiger partial charge on any atom is 0.261 e. The number of aromatic nitrogens is 5. The quantitative estimate of drug-likeness (QED) is 0.279. The SMILES string of the molecule is Cc1ccccc1-c1cnc2[nH]cc(NC(=O)c3cnn4ccc(NCC5CCNCC5F)nc34)c2c1. The lowest BCUT2D eigenvalue weighted by atomic mass is 9.96. The Morgan fingerprint density at radius 2 is 2.14 bits per heavy atom. The van der Waals surface area contributed by atoms with Crippen LogP contribution in [-0.2, 0) is 0 Å². The minimum absolute atomic E-state index is 0.0768. The molecule has 0 radical (unpaired) electrons. The molecule has 37 heavy (non-hydrogen) atoms. The molecule has 9 nitrogen and oxygen atoms in total. The molecular weight excluding hydrogens is 471 g/mol. The molecule has 1 aliphatic rings. The summed E-state index contributed by atoms with van der Waals surface area (Å²) in [6.45, 7) is 3.72. The first-order valence-corrected chi connectivity index (χ1v) is 12.3. The third kappa shape index (κ3) is 4.51. The molecule has 1 amide bonds. The Morgan fingerprint density at radius 3 is 3.00 bits per heavy atom. The Kier molecular flexibility index (Phi) is 6.01. The van der Waals surface area contributed by atoms with Crippen LogP contribution in [0, 0.1) is 12.8 Å². The lowest BCUT2D eigenvalue weighted by Gasteiger charge is -2.26.